The molecule has 1 amide bonds. The third-order valence-electron chi connectivity index (χ3n) is 2.99. The molecule has 1 fully saturated rings. The van der Waals surface area contributed by atoms with E-state index in [4.69, 9.17) is 11.5 Å². The molecule has 1 aromatic rings. The topological polar surface area (TPSA) is 72.3 Å². The van der Waals surface area contributed by atoms with Crippen molar-refractivity contribution in [2.75, 3.05) is 28.7 Å². The van der Waals surface area contributed by atoms with Crippen LogP contribution >= 0.6 is 11.8 Å². The normalized spacial score (nSPS) is 20.3. The van der Waals surface area contributed by atoms with E-state index in [0.717, 1.165) is 23.7 Å². The summed E-state index contributed by atoms with van der Waals surface area (Å²) in [6.45, 7) is 3.13. The summed E-state index contributed by atoms with van der Waals surface area (Å²) in [5.41, 5.74) is 13.4. The van der Waals surface area contributed by atoms with Crippen LogP contribution in [0.5, 0.6) is 0 Å². The standard InChI is InChI=1S/C12H17N3OS/c1-8-7-17-5-4-15(8)11-6-9(12(14)16)2-3-10(11)13/h2-3,6,8H,4-5,7,13H2,1H3,(H2,14,16). The van der Waals surface area contributed by atoms with Crippen molar-refractivity contribution >= 4 is 29.0 Å². The van der Waals surface area contributed by atoms with Gasteiger partial charge in [0.15, 0.2) is 0 Å². The minimum atomic E-state index is -0.412. The van der Waals surface area contributed by atoms with E-state index in [1.54, 1.807) is 18.2 Å². The first-order valence-electron chi connectivity index (χ1n) is 5.63. The second-order valence-corrected chi connectivity index (χ2v) is 5.41. The molecular weight excluding hydrogens is 234 g/mol. The maximum absolute atomic E-state index is 11.2. The maximum atomic E-state index is 11.2. The van der Waals surface area contributed by atoms with Crippen LogP contribution in [0.3, 0.4) is 0 Å². The minimum Gasteiger partial charge on any atom is -0.397 e. The van der Waals surface area contributed by atoms with Crippen LogP contribution in [0.1, 0.15) is 17.3 Å². The van der Waals surface area contributed by atoms with Gasteiger partial charge >= 0.3 is 0 Å². The Labute approximate surface area is 105 Å². The Hall–Kier alpha value is -1.36. The number of hydrogen-bond donors (Lipinski definition) is 2. The molecule has 5 heteroatoms. The zero-order chi connectivity index (χ0) is 12.4. The predicted octanol–water partition coefficient (Wildman–Crippen LogP) is 1.31. The number of hydrogen-bond acceptors (Lipinski definition) is 4. The number of benzene rings is 1. The highest BCUT2D eigenvalue weighted by atomic mass is 32.2. The first-order valence-corrected chi connectivity index (χ1v) is 6.79. The van der Waals surface area contributed by atoms with Crippen LogP contribution in [0.25, 0.3) is 0 Å². The van der Waals surface area contributed by atoms with Gasteiger partial charge in [-0.05, 0) is 25.1 Å². The number of nitrogens with zero attached hydrogens (tertiary/aromatic N) is 1. The fourth-order valence-corrected chi connectivity index (χ4v) is 3.04. The number of amides is 1. The average Bonchev–Trinajstić information content (AvgIpc) is 2.30. The van der Waals surface area contributed by atoms with Gasteiger partial charge < -0.3 is 16.4 Å². The molecule has 1 saturated heterocycles. The van der Waals surface area contributed by atoms with Crippen molar-refractivity contribution in [2.45, 2.75) is 13.0 Å². The molecule has 1 aliphatic heterocycles. The van der Waals surface area contributed by atoms with Crippen molar-refractivity contribution < 1.29 is 4.79 Å². The SMILES string of the molecule is CC1CSCCN1c1cc(C(N)=O)ccc1N. The molecule has 0 radical (unpaired) electrons. The first-order chi connectivity index (χ1) is 8.09. The summed E-state index contributed by atoms with van der Waals surface area (Å²) in [7, 11) is 0. The van der Waals surface area contributed by atoms with Gasteiger partial charge in [-0.1, -0.05) is 0 Å². The third-order valence-corrected chi connectivity index (χ3v) is 4.18. The number of anilines is 2. The summed E-state index contributed by atoms with van der Waals surface area (Å²) in [5.74, 6) is 1.76. The molecule has 92 valence electrons. The summed E-state index contributed by atoms with van der Waals surface area (Å²) >= 11 is 1.94. The van der Waals surface area contributed by atoms with Crippen LogP contribution in [0.2, 0.25) is 0 Å². The number of carbonyl (C=O) groups excluding carboxylic acids is 1. The quantitative estimate of drug-likeness (QED) is 0.777. The van der Waals surface area contributed by atoms with E-state index in [9.17, 15) is 4.79 Å². The first kappa shape index (κ1) is 12.1. The van der Waals surface area contributed by atoms with E-state index in [0.29, 0.717) is 17.3 Å². The number of carbonyl (C=O) groups is 1. The summed E-state index contributed by atoms with van der Waals surface area (Å²) in [4.78, 5) is 13.4. The fourth-order valence-electron chi connectivity index (χ4n) is 2.03. The molecule has 2 rings (SSSR count). The lowest BCUT2D eigenvalue weighted by molar-refractivity contribution is 0.100. The second-order valence-electron chi connectivity index (χ2n) is 4.26. The van der Waals surface area contributed by atoms with E-state index < -0.39 is 5.91 Å². The average molecular weight is 251 g/mol. The fraction of sp³-hybridized carbons (Fsp3) is 0.417. The van der Waals surface area contributed by atoms with Crippen LogP contribution in [-0.4, -0.2) is 30.0 Å². The van der Waals surface area contributed by atoms with Gasteiger partial charge in [0.2, 0.25) is 5.91 Å². The number of rotatable bonds is 2. The van der Waals surface area contributed by atoms with E-state index >= 15 is 0 Å². The number of primary amides is 1. The maximum Gasteiger partial charge on any atom is 0.248 e. The lowest BCUT2D eigenvalue weighted by Crippen LogP contribution is -2.40. The molecule has 4 nitrogen and oxygen atoms in total. The zero-order valence-corrected chi connectivity index (χ0v) is 10.7. The Morgan fingerprint density at radius 3 is 2.94 bits per heavy atom. The van der Waals surface area contributed by atoms with Gasteiger partial charge in [-0.25, -0.2) is 0 Å². The Bertz CT molecular complexity index is 436. The van der Waals surface area contributed by atoms with E-state index in [-0.39, 0.29) is 0 Å². The molecule has 4 N–H and O–H groups in total. The van der Waals surface area contributed by atoms with Crippen molar-refractivity contribution in [3.05, 3.63) is 23.8 Å². The predicted molar refractivity (Wildman–Crippen MR) is 73.5 cm³/mol. The second kappa shape index (κ2) is 4.87. The van der Waals surface area contributed by atoms with Crippen LogP contribution in [0.4, 0.5) is 11.4 Å². The monoisotopic (exact) mass is 251 g/mol. The van der Waals surface area contributed by atoms with Gasteiger partial charge in [0.25, 0.3) is 0 Å². The molecule has 1 aromatic carbocycles. The lowest BCUT2D eigenvalue weighted by Gasteiger charge is -2.35. The summed E-state index contributed by atoms with van der Waals surface area (Å²) in [6.07, 6.45) is 0. The van der Waals surface area contributed by atoms with Crippen molar-refractivity contribution in [1.82, 2.24) is 0 Å². The van der Waals surface area contributed by atoms with Gasteiger partial charge in [-0.2, -0.15) is 11.8 Å². The molecule has 0 aromatic heterocycles. The lowest BCUT2D eigenvalue weighted by atomic mass is 10.1. The van der Waals surface area contributed by atoms with Gasteiger partial charge in [0, 0.05) is 29.7 Å². The van der Waals surface area contributed by atoms with Gasteiger partial charge in [0.05, 0.1) is 11.4 Å². The minimum absolute atomic E-state index is 0.412. The molecule has 0 bridgehead atoms. The van der Waals surface area contributed by atoms with E-state index in [1.807, 2.05) is 11.8 Å². The highest BCUT2D eigenvalue weighted by Crippen LogP contribution is 2.29. The van der Waals surface area contributed by atoms with Gasteiger partial charge in [-0.15, -0.1) is 0 Å². The molecule has 0 aliphatic carbocycles. The Morgan fingerprint density at radius 1 is 1.53 bits per heavy atom. The zero-order valence-electron chi connectivity index (χ0n) is 9.85. The van der Waals surface area contributed by atoms with Crippen LogP contribution in [0.15, 0.2) is 18.2 Å². The van der Waals surface area contributed by atoms with Crippen molar-refractivity contribution in [3.8, 4) is 0 Å². The molecule has 1 heterocycles. The summed E-state index contributed by atoms with van der Waals surface area (Å²) < 4.78 is 0. The summed E-state index contributed by atoms with van der Waals surface area (Å²) in [5, 5.41) is 0. The van der Waals surface area contributed by atoms with E-state index in [2.05, 4.69) is 11.8 Å². The summed E-state index contributed by atoms with van der Waals surface area (Å²) in [6, 6.07) is 5.65. The van der Waals surface area contributed by atoms with Crippen LogP contribution in [0, 0.1) is 0 Å². The molecule has 17 heavy (non-hydrogen) atoms. The molecular formula is C12H17N3OS. The molecule has 1 unspecified atom stereocenters. The highest BCUT2D eigenvalue weighted by Gasteiger charge is 2.21. The number of nitrogen functional groups attached to an aromatic ring is 1. The third kappa shape index (κ3) is 2.49. The number of thioether (sulfide) groups is 1. The van der Waals surface area contributed by atoms with Crippen LogP contribution < -0.4 is 16.4 Å². The van der Waals surface area contributed by atoms with Gasteiger partial charge in [0.1, 0.15) is 0 Å². The van der Waals surface area contributed by atoms with Crippen LogP contribution in [-0.2, 0) is 0 Å². The van der Waals surface area contributed by atoms with E-state index in [1.165, 1.54) is 0 Å². The van der Waals surface area contributed by atoms with Crippen molar-refractivity contribution in [3.63, 3.8) is 0 Å². The Kier molecular flexibility index (Phi) is 3.47. The van der Waals surface area contributed by atoms with Crippen molar-refractivity contribution in [2.24, 2.45) is 5.73 Å². The Balaban J connectivity index is 2.35. The van der Waals surface area contributed by atoms with Gasteiger partial charge in [-0.3, -0.25) is 4.79 Å². The molecule has 1 atom stereocenters. The number of nitrogens with two attached hydrogens (primary N) is 2. The molecule has 0 saturated carbocycles. The van der Waals surface area contributed by atoms with Crippen molar-refractivity contribution in [1.29, 1.82) is 0 Å². The highest BCUT2D eigenvalue weighted by molar-refractivity contribution is 7.99. The molecule has 1 aliphatic rings. The Morgan fingerprint density at radius 2 is 2.29 bits per heavy atom. The molecule has 0 spiro atoms. The largest absolute Gasteiger partial charge is 0.397 e. The smallest absolute Gasteiger partial charge is 0.248 e.